The maximum Gasteiger partial charge on any atom is 0.138 e. The smallest absolute Gasteiger partial charge is 0.138 e. The summed E-state index contributed by atoms with van der Waals surface area (Å²) in [5.41, 5.74) is 0.963. The van der Waals surface area contributed by atoms with Crippen LogP contribution in [-0.4, -0.2) is 36.1 Å². The second kappa shape index (κ2) is 8.12. The first kappa shape index (κ1) is 15.9. The SMILES string of the molecule is CCOc1c(Br)cc(Br)cc1CNC(CO)CO. The van der Waals surface area contributed by atoms with Crippen LogP contribution in [0.2, 0.25) is 0 Å². The molecule has 102 valence electrons. The van der Waals surface area contributed by atoms with Gasteiger partial charge in [0.25, 0.3) is 0 Å². The Kier molecular flexibility index (Phi) is 7.18. The molecule has 0 saturated heterocycles. The van der Waals surface area contributed by atoms with Gasteiger partial charge < -0.3 is 20.3 Å². The van der Waals surface area contributed by atoms with E-state index in [1.54, 1.807) is 0 Å². The summed E-state index contributed by atoms with van der Waals surface area (Å²) in [4.78, 5) is 0. The molecule has 0 spiro atoms. The van der Waals surface area contributed by atoms with Crippen LogP contribution in [0.4, 0.5) is 0 Å². The van der Waals surface area contributed by atoms with Gasteiger partial charge in [-0.2, -0.15) is 0 Å². The van der Waals surface area contributed by atoms with Gasteiger partial charge in [-0.05, 0) is 35.0 Å². The Morgan fingerprint density at radius 1 is 1.28 bits per heavy atom. The zero-order chi connectivity index (χ0) is 13.5. The third kappa shape index (κ3) is 4.51. The van der Waals surface area contributed by atoms with Crippen molar-refractivity contribution in [3.8, 4) is 5.75 Å². The fraction of sp³-hybridized carbons (Fsp3) is 0.500. The average molecular weight is 383 g/mol. The predicted octanol–water partition coefficient (Wildman–Crippen LogP) is 2.05. The Morgan fingerprint density at radius 3 is 2.50 bits per heavy atom. The number of benzene rings is 1. The van der Waals surface area contributed by atoms with E-state index in [1.165, 1.54) is 0 Å². The van der Waals surface area contributed by atoms with E-state index in [0.29, 0.717) is 13.2 Å². The molecule has 0 saturated carbocycles. The van der Waals surface area contributed by atoms with E-state index in [4.69, 9.17) is 14.9 Å². The molecule has 0 heterocycles. The quantitative estimate of drug-likeness (QED) is 0.675. The van der Waals surface area contributed by atoms with E-state index in [1.807, 2.05) is 19.1 Å². The van der Waals surface area contributed by atoms with Crippen LogP contribution in [0.1, 0.15) is 12.5 Å². The summed E-state index contributed by atoms with van der Waals surface area (Å²) in [5.74, 6) is 0.780. The summed E-state index contributed by atoms with van der Waals surface area (Å²) >= 11 is 6.89. The van der Waals surface area contributed by atoms with Crippen molar-refractivity contribution in [2.45, 2.75) is 19.5 Å². The molecule has 0 aliphatic rings. The van der Waals surface area contributed by atoms with Gasteiger partial charge in [-0.1, -0.05) is 15.9 Å². The van der Waals surface area contributed by atoms with E-state index >= 15 is 0 Å². The maximum atomic E-state index is 9.01. The first-order valence-electron chi connectivity index (χ1n) is 5.68. The number of halogens is 2. The molecule has 0 bridgehead atoms. The van der Waals surface area contributed by atoms with Crippen LogP contribution < -0.4 is 10.1 Å². The number of hydrogen-bond acceptors (Lipinski definition) is 4. The number of nitrogens with one attached hydrogen (secondary N) is 1. The fourth-order valence-electron chi connectivity index (χ4n) is 1.49. The first-order valence-corrected chi connectivity index (χ1v) is 7.26. The Balaban J connectivity index is 2.85. The van der Waals surface area contributed by atoms with Crippen molar-refractivity contribution in [1.29, 1.82) is 0 Å². The van der Waals surface area contributed by atoms with Crippen LogP contribution in [0.5, 0.6) is 5.75 Å². The van der Waals surface area contributed by atoms with Crippen LogP contribution in [0, 0.1) is 0 Å². The molecule has 0 aliphatic carbocycles. The minimum Gasteiger partial charge on any atom is -0.492 e. The highest BCUT2D eigenvalue weighted by molar-refractivity contribution is 9.11. The standard InChI is InChI=1S/C12H17Br2NO3/c1-2-18-12-8(3-9(13)4-11(12)14)5-15-10(6-16)7-17/h3-4,10,15-17H,2,5-7H2,1H3. The normalized spacial score (nSPS) is 11.0. The molecular weight excluding hydrogens is 366 g/mol. The zero-order valence-corrected chi connectivity index (χ0v) is 13.3. The molecule has 0 radical (unpaired) electrons. The molecule has 0 amide bonds. The van der Waals surface area contributed by atoms with E-state index < -0.39 is 0 Å². The number of aliphatic hydroxyl groups is 2. The highest BCUT2D eigenvalue weighted by Gasteiger charge is 2.12. The molecule has 0 fully saturated rings. The van der Waals surface area contributed by atoms with Gasteiger partial charge in [-0.3, -0.25) is 0 Å². The third-order valence-corrected chi connectivity index (χ3v) is 3.44. The van der Waals surface area contributed by atoms with E-state index in [-0.39, 0.29) is 19.3 Å². The summed E-state index contributed by atoms with van der Waals surface area (Å²) < 4.78 is 7.41. The molecule has 1 aromatic carbocycles. The second-order valence-electron chi connectivity index (χ2n) is 3.75. The highest BCUT2D eigenvalue weighted by atomic mass is 79.9. The lowest BCUT2D eigenvalue weighted by Crippen LogP contribution is -2.35. The summed E-state index contributed by atoms with van der Waals surface area (Å²) in [6.45, 7) is 2.82. The molecule has 1 rings (SSSR count). The van der Waals surface area contributed by atoms with Gasteiger partial charge in [-0.25, -0.2) is 0 Å². The van der Waals surface area contributed by atoms with Crippen molar-refractivity contribution < 1.29 is 14.9 Å². The zero-order valence-electron chi connectivity index (χ0n) is 10.1. The topological polar surface area (TPSA) is 61.7 Å². The largest absolute Gasteiger partial charge is 0.492 e. The fourth-order valence-corrected chi connectivity index (χ4v) is 2.92. The number of hydrogen-bond donors (Lipinski definition) is 3. The van der Waals surface area contributed by atoms with Crippen molar-refractivity contribution in [2.24, 2.45) is 0 Å². The lowest BCUT2D eigenvalue weighted by atomic mass is 10.2. The van der Waals surface area contributed by atoms with Crippen molar-refractivity contribution in [1.82, 2.24) is 5.32 Å². The Hall–Kier alpha value is -0.140. The van der Waals surface area contributed by atoms with Gasteiger partial charge in [0.2, 0.25) is 0 Å². The van der Waals surface area contributed by atoms with Crippen molar-refractivity contribution in [2.75, 3.05) is 19.8 Å². The van der Waals surface area contributed by atoms with Crippen LogP contribution in [-0.2, 0) is 6.54 Å². The van der Waals surface area contributed by atoms with Crippen LogP contribution in [0.25, 0.3) is 0 Å². The molecule has 6 heteroatoms. The van der Waals surface area contributed by atoms with Gasteiger partial charge >= 0.3 is 0 Å². The minimum atomic E-state index is -0.322. The van der Waals surface area contributed by atoms with E-state index in [2.05, 4.69) is 37.2 Å². The van der Waals surface area contributed by atoms with Gasteiger partial charge in [0.1, 0.15) is 5.75 Å². The summed E-state index contributed by atoms with van der Waals surface area (Å²) in [5, 5.41) is 21.1. The lowest BCUT2D eigenvalue weighted by molar-refractivity contribution is 0.170. The Labute approximate surface area is 124 Å². The number of ether oxygens (including phenoxy) is 1. The molecule has 3 N–H and O–H groups in total. The molecule has 1 aromatic rings. The summed E-state index contributed by atoms with van der Waals surface area (Å²) in [6, 6.07) is 3.55. The average Bonchev–Trinajstić information content (AvgIpc) is 2.34. The van der Waals surface area contributed by atoms with Crippen LogP contribution >= 0.6 is 31.9 Å². The monoisotopic (exact) mass is 381 g/mol. The molecule has 0 aromatic heterocycles. The molecule has 0 aliphatic heterocycles. The molecule has 4 nitrogen and oxygen atoms in total. The minimum absolute atomic E-state index is 0.102. The van der Waals surface area contributed by atoms with Crippen LogP contribution in [0.3, 0.4) is 0 Å². The molecular formula is C12H17Br2NO3. The molecule has 0 atom stereocenters. The summed E-state index contributed by atoms with van der Waals surface area (Å²) in [7, 11) is 0. The lowest BCUT2D eigenvalue weighted by Gasteiger charge is -2.17. The first-order chi connectivity index (χ1) is 8.62. The van der Waals surface area contributed by atoms with E-state index in [0.717, 1.165) is 20.3 Å². The Bertz CT molecular complexity index is 384. The summed E-state index contributed by atoms with van der Waals surface area (Å²) in [6.07, 6.45) is 0. The van der Waals surface area contributed by atoms with Crippen molar-refractivity contribution >= 4 is 31.9 Å². The Morgan fingerprint density at radius 2 is 1.94 bits per heavy atom. The maximum absolute atomic E-state index is 9.01. The van der Waals surface area contributed by atoms with Gasteiger partial charge in [0.15, 0.2) is 0 Å². The molecule has 0 unspecified atom stereocenters. The van der Waals surface area contributed by atoms with Gasteiger partial charge in [0, 0.05) is 16.6 Å². The number of aliphatic hydroxyl groups excluding tert-OH is 2. The third-order valence-electron chi connectivity index (χ3n) is 2.40. The van der Waals surface area contributed by atoms with Gasteiger partial charge in [0.05, 0.1) is 30.3 Å². The predicted molar refractivity (Wildman–Crippen MR) is 77.8 cm³/mol. The second-order valence-corrected chi connectivity index (χ2v) is 5.52. The van der Waals surface area contributed by atoms with Crippen molar-refractivity contribution in [3.05, 3.63) is 26.6 Å². The number of rotatable bonds is 7. The van der Waals surface area contributed by atoms with E-state index in [9.17, 15) is 0 Å². The molecule has 18 heavy (non-hydrogen) atoms. The van der Waals surface area contributed by atoms with Gasteiger partial charge in [-0.15, -0.1) is 0 Å². The highest BCUT2D eigenvalue weighted by Crippen LogP contribution is 2.33. The van der Waals surface area contributed by atoms with Crippen molar-refractivity contribution in [3.63, 3.8) is 0 Å². The van der Waals surface area contributed by atoms with Crippen LogP contribution in [0.15, 0.2) is 21.1 Å².